The highest BCUT2D eigenvalue weighted by molar-refractivity contribution is 7.88. The van der Waals surface area contributed by atoms with Gasteiger partial charge in [-0.05, 0) is 5.56 Å². The maximum absolute atomic E-state index is 12.6. The van der Waals surface area contributed by atoms with E-state index in [1.807, 2.05) is 19.9 Å². The third-order valence-corrected chi connectivity index (χ3v) is 7.90. The number of rotatable bonds is 9. The van der Waals surface area contributed by atoms with Crippen molar-refractivity contribution in [2.45, 2.75) is 38.0 Å². The van der Waals surface area contributed by atoms with E-state index in [4.69, 9.17) is 4.52 Å². The Kier molecular flexibility index (Phi) is 6.42. The molecule has 0 atom stereocenters. The summed E-state index contributed by atoms with van der Waals surface area (Å²) in [5.41, 5.74) is 0.703. The van der Waals surface area contributed by atoms with Crippen molar-refractivity contribution in [2.24, 2.45) is 0 Å². The molecule has 0 unspecified atom stereocenters. The second-order valence-corrected chi connectivity index (χ2v) is 11.4. The summed E-state index contributed by atoms with van der Waals surface area (Å²) < 4.78 is 57.4. The minimum absolute atomic E-state index is 0.0947. The van der Waals surface area contributed by atoms with Gasteiger partial charge in [-0.25, -0.2) is 16.8 Å². The largest absolute Gasteiger partial charge is 0.339 e. The second-order valence-electron chi connectivity index (χ2n) is 7.54. The normalized spacial score (nSPS) is 16.4. The molecule has 29 heavy (non-hydrogen) atoms. The van der Waals surface area contributed by atoms with E-state index >= 15 is 0 Å². The third-order valence-electron chi connectivity index (χ3n) is 4.78. The molecule has 3 rings (SSSR count). The van der Waals surface area contributed by atoms with Gasteiger partial charge in [0.25, 0.3) is 0 Å². The summed E-state index contributed by atoms with van der Waals surface area (Å²) in [6, 6.07) is 8.53. The topological polar surface area (TPSA) is 114 Å². The van der Waals surface area contributed by atoms with E-state index < -0.39 is 26.1 Å². The first kappa shape index (κ1) is 21.9. The standard InChI is InChI=1S/C18H26N4O5S2/c1-14(2)18-19-17(20-27-18)9-10-22(28(3,23)24)16-11-21(12-16)29(25,26)13-15-7-5-4-6-8-15/h4-8,14,16H,9-13H2,1-3H3. The lowest BCUT2D eigenvalue weighted by Gasteiger charge is -2.43. The van der Waals surface area contributed by atoms with Crippen molar-refractivity contribution in [3.8, 4) is 0 Å². The highest BCUT2D eigenvalue weighted by Gasteiger charge is 2.41. The van der Waals surface area contributed by atoms with Gasteiger partial charge in [0.1, 0.15) is 0 Å². The summed E-state index contributed by atoms with van der Waals surface area (Å²) in [5, 5.41) is 3.88. The Bertz CT molecular complexity index is 1030. The smallest absolute Gasteiger partial charge is 0.229 e. The quantitative estimate of drug-likeness (QED) is 0.573. The first-order valence-electron chi connectivity index (χ1n) is 9.37. The van der Waals surface area contributed by atoms with Crippen molar-refractivity contribution in [3.05, 3.63) is 47.6 Å². The molecule has 0 N–H and O–H groups in total. The zero-order chi connectivity index (χ0) is 21.2. The monoisotopic (exact) mass is 442 g/mol. The number of sulfonamides is 2. The predicted molar refractivity (Wildman–Crippen MR) is 108 cm³/mol. The summed E-state index contributed by atoms with van der Waals surface area (Å²) in [6.45, 7) is 4.32. The van der Waals surface area contributed by atoms with Crippen LogP contribution in [0.5, 0.6) is 0 Å². The van der Waals surface area contributed by atoms with Gasteiger partial charge in [0.05, 0.1) is 18.1 Å². The fourth-order valence-corrected chi connectivity index (χ4v) is 5.83. The van der Waals surface area contributed by atoms with Gasteiger partial charge in [-0.15, -0.1) is 0 Å². The average Bonchev–Trinajstić information content (AvgIpc) is 3.05. The highest BCUT2D eigenvalue weighted by Crippen LogP contribution is 2.23. The van der Waals surface area contributed by atoms with Gasteiger partial charge in [-0.2, -0.15) is 13.6 Å². The average molecular weight is 443 g/mol. The van der Waals surface area contributed by atoms with Crippen LogP contribution < -0.4 is 0 Å². The van der Waals surface area contributed by atoms with E-state index in [0.29, 0.717) is 23.7 Å². The molecule has 1 aliphatic heterocycles. The maximum Gasteiger partial charge on any atom is 0.229 e. The first-order chi connectivity index (χ1) is 13.6. The SMILES string of the molecule is CC(C)c1nc(CCN(C2CN(S(=O)(=O)Cc3ccccc3)C2)S(C)(=O)=O)no1. The highest BCUT2D eigenvalue weighted by atomic mass is 32.2. The summed E-state index contributed by atoms with van der Waals surface area (Å²) in [4.78, 5) is 4.26. The Hall–Kier alpha value is -1.82. The lowest BCUT2D eigenvalue weighted by molar-refractivity contribution is 0.155. The zero-order valence-electron chi connectivity index (χ0n) is 16.7. The minimum Gasteiger partial charge on any atom is -0.339 e. The first-order valence-corrected chi connectivity index (χ1v) is 12.8. The molecule has 0 amide bonds. The number of hydrogen-bond donors (Lipinski definition) is 0. The Morgan fingerprint density at radius 1 is 1.17 bits per heavy atom. The number of nitrogens with zero attached hydrogens (tertiary/aromatic N) is 4. The van der Waals surface area contributed by atoms with E-state index in [0.717, 1.165) is 6.26 Å². The fourth-order valence-electron chi connectivity index (χ4n) is 3.13. The minimum atomic E-state index is -3.51. The van der Waals surface area contributed by atoms with Crippen LogP contribution in [0.25, 0.3) is 0 Å². The Morgan fingerprint density at radius 2 is 1.83 bits per heavy atom. The van der Waals surface area contributed by atoms with Gasteiger partial charge < -0.3 is 4.52 Å². The molecule has 2 heterocycles. The van der Waals surface area contributed by atoms with Crippen molar-refractivity contribution in [1.29, 1.82) is 0 Å². The molecule has 1 fully saturated rings. The lowest BCUT2D eigenvalue weighted by atomic mass is 10.2. The van der Waals surface area contributed by atoms with Crippen LogP contribution >= 0.6 is 0 Å². The van der Waals surface area contributed by atoms with Crippen molar-refractivity contribution >= 4 is 20.0 Å². The van der Waals surface area contributed by atoms with Gasteiger partial charge in [0.15, 0.2) is 5.82 Å². The van der Waals surface area contributed by atoms with Crippen LogP contribution in [0, 0.1) is 0 Å². The molecule has 0 aliphatic carbocycles. The van der Waals surface area contributed by atoms with Crippen molar-refractivity contribution < 1.29 is 21.4 Å². The molecule has 0 saturated carbocycles. The van der Waals surface area contributed by atoms with Crippen LogP contribution in [0.2, 0.25) is 0 Å². The molecular formula is C18H26N4O5S2. The van der Waals surface area contributed by atoms with Gasteiger partial charge in [-0.3, -0.25) is 0 Å². The molecule has 1 aromatic carbocycles. The molecule has 2 aromatic rings. The van der Waals surface area contributed by atoms with Crippen molar-refractivity contribution in [2.75, 3.05) is 25.9 Å². The van der Waals surface area contributed by atoms with Gasteiger partial charge in [0.2, 0.25) is 25.9 Å². The number of benzene rings is 1. The maximum atomic E-state index is 12.6. The van der Waals surface area contributed by atoms with Crippen LogP contribution in [0.1, 0.15) is 37.0 Å². The van der Waals surface area contributed by atoms with E-state index in [9.17, 15) is 16.8 Å². The Labute approximate surface area is 171 Å². The van der Waals surface area contributed by atoms with Crippen molar-refractivity contribution in [1.82, 2.24) is 18.8 Å². The molecule has 1 aromatic heterocycles. The van der Waals surface area contributed by atoms with Crippen LogP contribution in [-0.2, 0) is 32.2 Å². The molecule has 0 spiro atoms. The molecule has 1 aliphatic rings. The molecule has 11 heteroatoms. The molecule has 9 nitrogen and oxygen atoms in total. The summed E-state index contributed by atoms with van der Waals surface area (Å²) in [7, 11) is -7.00. The fraction of sp³-hybridized carbons (Fsp3) is 0.556. The van der Waals surface area contributed by atoms with Gasteiger partial charge in [-0.1, -0.05) is 49.3 Å². The third kappa shape index (κ3) is 5.41. The molecule has 0 radical (unpaired) electrons. The summed E-state index contributed by atoms with van der Waals surface area (Å²) in [6.07, 6.45) is 1.43. The van der Waals surface area contributed by atoms with E-state index in [1.165, 1.54) is 8.61 Å². The van der Waals surface area contributed by atoms with E-state index in [1.54, 1.807) is 24.3 Å². The van der Waals surface area contributed by atoms with E-state index in [-0.39, 0.29) is 31.3 Å². The van der Waals surface area contributed by atoms with Crippen LogP contribution in [0.15, 0.2) is 34.9 Å². The van der Waals surface area contributed by atoms with Crippen molar-refractivity contribution in [3.63, 3.8) is 0 Å². The second kappa shape index (κ2) is 8.50. The lowest BCUT2D eigenvalue weighted by Crippen LogP contribution is -2.62. The van der Waals surface area contributed by atoms with Gasteiger partial charge >= 0.3 is 0 Å². The van der Waals surface area contributed by atoms with E-state index in [2.05, 4.69) is 10.1 Å². The zero-order valence-corrected chi connectivity index (χ0v) is 18.4. The van der Waals surface area contributed by atoms with Gasteiger partial charge in [0, 0.05) is 32.0 Å². The number of aromatic nitrogens is 2. The Morgan fingerprint density at radius 3 is 2.38 bits per heavy atom. The molecule has 160 valence electrons. The summed E-state index contributed by atoms with van der Waals surface area (Å²) >= 11 is 0. The molecular weight excluding hydrogens is 416 g/mol. The van der Waals surface area contributed by atoms with Crippen LogP contribution in [-0.4, -0.2) is 67.5 Å². The van der Waals surface area contributed by atoms with Crippen LogP contribution in [0.3, 0.4) is 0 Å². The molecule has 0 bridgehead atoms. The summed E-state index contributed by atoms with van der Waals surface area (Å²) in [5.74, 6) is 0.945. The van der Waals surface area contributed by atoms with Crippen LogP contribution in [0.4, 0.5) is 0 Å². The predicted octanol–water partition coefficient (Wildman–Crippen LogP) is 1.21. The molecule has 1 saturated heterocycles. The Balaban J connectivity index is 1.61. The number of hydrogen-bond acceptors (Lipinski definition) is 7.